The van der Waals surface area contributed by atoms with Gasteiger partial charge in [-0.15, -0.1) is 0 Å². The SMILES string of the molecule is CN1CC(=N)/C(=C(\NCc2ccc(F)c(C3=CCOCC3)c2)c2ccccc2F)C1. The third-order valence-corrected chi connectivity index (χ3v) is 5.47. The third kappa shape index (κ3) is 4.35. The van der Waals surface area contributed by atoms with Gasteiger partial charge in [0.25, 0.3) is 0 Å². The molecule has 2 N–H and O–H groups in total. The van der Waals surface area contributed by atoms with E-state index in [1.807, 2.05) is 24.1 Å². The first kappa shape index (κ1) is 20.4. The number of ether oxygens (including phenoxy) is 1. The molecule has 0 bridgehead atoms. The van der Waals surface area contributed by atoms with Crippen LogP contribution in [0.25, 0.3) is 11.3 Å². The summed E-state index contributed by atoms with van der Waals surface area (Å²) in [6.45, 7) is 2.60. The van der Waals surface area contributed by atoms with Crippen molar-refractivity contribution >= 4 is 17.0 Å². The van der Waals surface area contributed by atoms with Gasteiger partial charge in [-0.25, -0.2) is 8.78 Å². The normalized spacial score (nSPS) is 19.0. The molecule has 156 valence electrons. The van der Waals surface area contributed by atoms with Gasteiger partial charge in [0.2, 0.25) is 0 Å². The minimum atomic E-state index is -0.331. The van der Waals surface area contributed by atoms with Crippen LogP contribution in [0.5, 0.6) is 0 Å². The Balaban J connectivity index is 1.64. The van der Waals surface area contributed by atoms with E-state index in [9.17, 15) is 8.78 Å². The number of likely N-dealkylation sites (N-methyl/N-ethyl adjacent to an activating group) is 1. The van der Waals surface area contributed by atoms with Crippen LogP contribution >= 0.6 is 0 Å². The molecule has 4 rings (SSSR count). The van der Waals surface area contributed by atoms with E-state index in [2.05, 4.69) is 5.32 Å². The highest BCUT2D eigenvalue weighted by Gasteiger charge is 2.24. The van der Waals surface area contributed by atoms with E-state index in [1.165, 1.54) is 12.1 Å². The van der Waals surface area contributed by atoms with Crippen molar-refractivity contribution in [3.05, 3.63) is 82.4 Å². The molecular formula is C24H25F2N3O. The van der Waals surface area contributed by atoms with E-state index >= 15 is 0 Å². The average molecular weight is 409 g/mol. The zero-order valence-electron chi connectivity index (χ0n) is 17.0. The monoisotopic (exact) mass is 409 g/mol. The number of nitrogens with one attached hydrogen (secondary N) is 2. The molecule has 0 saturated carbocycles. The fourth-order valence-corrected chi connectivity index (χ4v) is 3.94. The lowest BCUT2D eigenvalue weighted by atomic mass is 9.98. The highest BCUT2D eigenvalue weighted by molar-refractivity contribution is 6.07. The zero-order chi connectivity index (χ0) is 21.1. The molecule has 1 saturated heterocycles. The number of hydrogen-bond acceptors (Lipinski definition) is 4. The van der Waals surface area contributed by atoms with Gasteiger partial charge in [0.15, 0.2) is 0 Å². The molecule has 4 nitrogen and oxygen atoms in total. The summed E-state index contributed by atoms with van der Waals surface area (Å²) < 4.78 is 34.3. The minimum Gasteiger partial charge on any atom is -0.380 e. The molecule has 1 fully saturated rings. The number of hydrogen-bond donors (Lipinski definition) is 2. The lowest BCUT2D eigenvalue weighted by Crippen LogP contribution is -2.18. The minimum absolute atomic E-state index is 0.251. The van der Waals surface area contributed by atoms with Gasteiger partial charge in [0.05, 0.1) is 24.6 Å². The predicted molar refractivity (Wildman–Crippen MR) is 115 cm³/mol. The van der Waals surface area contributed by atoms with E-state index in [0.717, 1.165) is 16.7 Å². The fourth-order valence-electron chi connectivity index (χ4n) is 3.94. The van der Waals surface area contributed by atoms with Crippen molar-refractivity contribution < 1.29 is 13.5 Å². The van der Waals surface area contributed by atoms with Crippen LogP contribution in [0, 0.1) is 17.0 Å². The van der Waals surface area contributed by atoms with Crippen LogP contribution in [0.15, 0.2) is 54.1 Å². The van der Waals surface area contributed by atoms with Crippen molar-refractivity contribution in [1.82, 2.24) is 10.2 Å². The van der Waals surface area contributed by atoms with Crippen molar-refractivity contribution in [1.29, 1.82) is 5.41 Å². The second-order valence-corrected chi connectivity index (χ2v) is 7.71. The van der Waals surface area contributed by atoms with Crippen LogP contribution in [0.4, 0.5) is 8.78 Å². The van der Waals surface area contributed by atoms with Crippen LogP contribution in [-0.2, 0) is 11.3 Å². The lowest BCUT2D eigenvalue weighted by Gasteiger charge is -2.18. The summed E-state index contributed by atoms with van der Waals surface area (Å²) in [6, 6.07) is 11.6. The number of rotatable bonds is 5. The summed E-state index contributed by atoms with van der Waals surface area (Å²) in [6.07, 6.45) is 2.60. The van der Waals surface area contributed by atoms with E-state index in [4.69, 9.17) is 10.1 Å². The van der Waals surface area contributed by atoms with Crippen molar-refractivity contribution in [2.75, 3.05) is 33.4 Å². The molecule has 2 heterocycles. The maximum atomic E-state index is 14.6. The van der Waals surface area contributed by atoms with E-state index in [-0.39, 0.29) is 11.6 Å². The van der Waals surface area contributed by atoms with Gasteiger partial charge in [-0.1, -0.05) is 24.3 Å². The van der Waals surface area contributed by atoms with E-state index in [1.54, 1.807) is 24.3 Å². The van der Waals surface area contributed by atoms with Gasteiger partial charge in [-0.3, -0.25) is 4.90 Å². The molecule has 0 aliphatic carbocycles. The van der Waals surface area contributed by atoms with Crippen LogP contribution in [-0.4, -0.2) is 44.0 Å². The molecule has 0 radical (unpaired) electrons. The Kier molecular flexibility index (Phi) is 6.06. The smallest absolute Gasteiger partial charge is 0.132 e. The molecule has 0 amide bonds. The zero-order valence-corrected chi connectivity index (χ0v) is 17.0. The Bertz CT molecular complexity index is 1030. The van der Waals surface area contributed by atoms with Crippen LogP contribution in [0.2, 0.25) is 0 Å². The van der Waals surface area contributed by atoms with Gasteiger partial charge in [0, 0.05) is 36.3 Å². The summed E-state index contributed by atoms with van der Waals surface area (Å²) in [5, 5.41) is 11.7. The molecule has 30 heavy (non-hydrogen) atoms. The van der Waals surface area contributed by atoms with Crippen molar-refractivity contribution in [2.24, 2.45) is 0 Å². The van der Waals surface area contributed by atoms with Gasteiger partial charge < -0.3 is 15.5 Å². The van der Waals surface area contributed by atoms with Crippen molar-refractivity contribution in [3.8, 4) is 0 Å². The van der Waals surface area contributed by atoms with Crippen LogP contribution in [0.1, 0.15) is 23.1 Å². The molecule has 0 aromatic heterocycles. The number of halogens is 2. The standard InChI is InChI=1S/C24H25F2N3O/c1-29-14-20(23(27)15-29)24(18-4-2-3-5-21(18)25)28-13-16-6-7-22(26)19(12-16)17-8-10-30-11-9-17/h2-8,12,27-28H,9-11,13-15H2,1H3/b24-20-,27-23?. The molecular weight excluding hydrogens is 384 g/mol. The fraction of sp³-hybridized carbons (Fsp3) is 0.292. The molecule has 0 unspecified atom stereocenters. The Hall–Kier alpha value is -2.83. The second kappa shape index (κ2) is 8.90. The second-order valence-electron chi connectivity index (χ2n) is 7.71. The van der Waals surface area contributed by atoms with Crippen molar-refractivity contribution in [3.63, 3.8) is 0 Å². The van der Waals surface area contributed by atoms with Gasteiger partial charge in [-0.2, -0.15) is 0 Å². The third-order valence-electron chi connectivity index (χ3n) is 5.47. The summed E-state index contributed by atoms with van der Waals surface area (Å²) >= 11 is 0. The van der Waals surface area contributed by atoms with Gasteiger partial charge in [-0.05, 0) is 48.9 Å². The van der Waals surface area contributed by atoms with Crippen LogP contribution < -0.4 is 5.32 Å². The first-order valence-electron chi connectivity index (χ1n) is 10.1. The Morgan fingerprint density at radius 1 is 1.13 bits per heavy atom. The molecule has 2 aromatic carbocycles. The summed E-state index contributed by atoms with van der Waals surface area (Å²) in [4.78, 5) is 2.02. The van der Waals surface area contributed by atoms with Crippen LogP contribution in [0.3, 0.4) is 0 Å². The molecule has 0 spiro atoms. The highest BCUT2D eigenvalue weighted by atomic mass is 19.1. The Morgan fingerprint density at radius 2 is 1.97 bits per heavy atom. The number of nitrogens with zero attached hydrogens (tertiary/aromatic N) is 1. The molecule has 0 atom stereocenters. The highest BCUT2D eigenvalue weighted by Crippen LogP contribution is 2.27. The average Bonchev–Trinajstić information content (AvgIpc) is 3.09. The maximum absolute atomic E-state index is 14.6. The maximum Gasteiger partial charge on any atom is 0.132 e. The first-order chi connectivity index (χ1) is 14.5. The first-order valence-corrected chi connectivity index (χ1v) is 10.1. The van der Waals surface area contributed by atoms with E-state index in [0.29, 0.717) is 61.8 Å². The van der Waals surface area contributed by atoms with Gasteiger partial charge in [0.1, 0.15) is 11.6 Å². The predicted octanol–water partition coefficient (Wildman–Crippen LogP) is 4.23. The Morgan fingerprint density at radius 3 is 2.67 bits per heavy atom. The molecule has 6 heteroatoms. The van der Waals surface area contributed by atoms with Crippen molar-refractivity contribution in [2.45, 2.75) is 13.0 Å². The lowest BCUT2D eigenvalue weighted by molar-refractivity contribution is 0.161. The molecule has 2 aliphatic heterocycles. The quantitative estimate of drug-likeness (QED) is 0.777. The summed E-state index contributed by atoms with van der Waals surface area (Å²) in [5.41, 5.74) is 4.78. The largest absolute Gasteiger partial charge is 0.380 e. The topological polar surface area (TPSA) is 48.4 Å². The molecule has 2 aliphatic rings. The number of likely N-dealkylation sites (tertiary alicyclic amines) is 1. The number of benzene rings is 2. The van der Waals surface area contributed by atoms with E-state index < -0.39 is 0 Å². The molecule has 2 aromatic rings. The summed E-state index contributed by atoms with van der Waals surface area (Å²) in [5.74, 6) is -0.583. The summed E-state index contributed by atoms with van der Waals surface area (Å²) in [7, 11) is 1.94. The Labute approximate surface area is 175 Å². The van der Waals surface area contributed by atoms with Gasteiger partial charge >= 0.3 is 0 Å².